The van der Waals surface area contributed by atoms with Crippen LogP contribution in [0.1, 0.15) is 123 Å². The van der Waals surface area contributed by atoms with Crippen molar-refractivity contribution < 1.29 is 42.9 Å². The highest BCUT2D eigenvalue weighted by Gasteiger charge is 2.61. The number of pyridine rings is 4. The first-order valence-electron chi connectivity index (χ1n) is 29.1. The van der Waals surface area contributed by atoms with Gasteiger partial charge in [-0.1, -0.05) is 46.4 Å². The summed E-state index contributed by atoms with van der Waals surface area (Å²) in [5, 5.41) is 15.4. The summed E-state index contributed by atoms with van der Waals surface area (Å²) in [4.78, 5) is 134. The Bertz CT molecular complexity index is 4340. The van der Waals surface area contributed by atoms with Gasteiger partial charge in [0.1, 0.15) is 93.0 Å². The molecule has 4 amide bonds. The summed E-state index contributed by atoms with van der Waals surface area (Å²) in [6, 6.07) is 10.6. The van der Waals surface area contributed by atoms with Crippen LogP contribution >= 0.6 is 78.3 Å². The van der Waals surface area contributed by atoms with Crippen LogP contribution in [0.25, 0.3) is 0 Å². The lowest BCUT2D eigenvalue weighted by molar-refractivity contribution is -0.128. The molecule has 4 saturated heterocycles. The molecule has 14 heterocycles. The number of H-pyrrole nitrogens is 1. The zero-order valence-corrected chi connectivity index (χ0v) is 58.6. The number of halogens is 6. The van der Waals surface area contributed by atoms with Crippen molar-refractivity contribution in [3.8, 4) is 0 Å². The van der Waals surface area contributed by atoms with E-state index >= 15 is 0 Å². The number of aromatic nitrogens is 10. The van der Waals surface area contributed by atoms with E-state index in [2.05, 4.69) is 93.3 Å². The smallest absolute Gasteiger partial charge is 0.277 e. The first kappa shape index (κ1) is 72.2. The van der Waals surface area contributed by atoms with Gasteiger partial charge < -0.3 is 62.0 Å². The number of hydrogen-bond donors (Lipinski definition) is 8. The highest BCUT2D eigenvalue weighted by Crippen LogP contribution is 2.47. The van der Waals surface area contributed by atoms with Crippen LogP contribution in [0.2, 0.25) is 20.1 Å². The Morgan fingerprint density at radius 3 is 1.22 bits per heavy atom. The number of nitrogens with zero attached hydrogens (tertiary/aromatic N) is 9. The number of nitrogens with two attached hydrogens (primary N) is 2. The zero-order chi connectivity index (χ0) is 70.3. The van der Waals surface area contributed by atoms with Crippen LogP contribution in [0.3, 0.4) is 0 Å². The number of Topliss-reactive ketones (excluding diaryl/α,β-unsaturated/α-hetero) is 1. The zero-order valence-electron chi connectivity index (χ0n) is 52.4. The molecule has 3 atom stereocenters. The third-order valence-corrected chi connectivity index (χ3v) is 19.2. The van der Waals surface area contributed by atoms with Crippen molar-refractivity contribution >= 4 is 137 Å². The molecule has 0 saturated carbocycles. The Labute approximate surface area is 582 Å². The maximum Gasteiger partial charge on any atom is 0.277 e. The molecular formula is C60H63Br2Cl4N17O13. The van der Waals surface area contributed by atoms with Crippen LogP contribution < -0.4 is 60.3 Å². The highest BCUT2D eigenvalue weighted by molar-refractivity contribution is 9.10. The quantitative estimate of drug-likeness (QED) is 0.0875. The Morgan fingerprint density at radius 2 is 0.917 bits per heavy atom. The monoisotopic (exact) mass is 1530 g/mol. The molecule has 508 valence electrons. The number of aromatic amines is 1. The van der Waals surface area contributed by atoms with E-state index in [0.29, 0.717) is 74.0 Å². The maximum atomic E-state index is 13.2. The fraction of sp³-hybridized carbons (Fsp3) is 0.383. The fourth-order valence-corrected chi connectivity index (χ4v) is 13.8. The third kappa shape index (κ3) is 13.7. The van der Waals surface area contributed by atoms with Gasteiger partial charge >= 0.3 is 0 Å². The van der Waals surface area contributed by atoms with Gasteiger partial charge in [-0.15, -0.1) is 0 Å². The van der Waals surface area contributed by atoms with E-state index in [1.807, 2.05) is 55.4 Å². The lowest BCUT2D eigenvalue weighted by Gasteiger charge is -2.37. The molecule has 0 bridgehead atoms. The van der Waals surface area contributed by atoms with E-state index in [1.165, 1.54) is 56.9 Å². The summed E-state index contributed by atoms with van der Waals surface area (Å²) < 4.78 is 27.2. The van der Waals surface area contributed by atoms with Gasteiger partial charge in [-0.2, -0.15) is 0 Å². The maximum absolute atomic E-state index is 13.2. The molecule has 7 aliphatic heterocycles. The first-order valence-corrected chi connectivity index (χ1v) is 32.2. The molecule has 7 aromatic rings. The summed E-state index contributed by atoms with van der Waals surface area (Å²) in [6.45, 7) is 16.7. The molecule has 4 fully saturated rings. The number of hydrogen-bond acceptors (Lipinski definition) is 22. The minimum atomic E-state index is -0.969. The summed E-state index contributed by atoms with van der Waals surface area (Å²) >= 11 is 30.5. The molecule has 3 unspecified atom stereocenters. The van der Waals surface area contributed by atoms with E-state index < -0.39 is 50.9 Å². The molecule has 0 aromatic carbocycles. The Balaban J connectivity index is 0.000000143. The van der Waals surface area contributed by atoms with E-state index in [-0.39, 0.29) is 98.9 Å². The number of amides is 4. The van der Waals surface area contributed by atoms with Crippen LogP contribution in [-0.2, 0) is 40.7 Å². The van der Waals surface area contributed by atoms with Crippen molar-refractivity contribution in [2.45, 2.75) is 120 Å². The number of ether oxygens (including phenoxy) is 4. The van der Waals surface area contributed by atoms with Crippen molar-refractivity contribution in [2.75, 3.05) is 42.8 Å². The number of nitrogens with one attached hydrogen (secondary N) is 6. The van der Waals surface area contributed by atoms with Crippen molar-refractivity contribution in [2.24, 2.45) is 5.73 Å². The first-order chi connectivity index (χ1) is 45.1. The van der Waals surface area contributed by atoms with Gasteiger partial charge in [0.2, 0.25) is 0 Å². The van der Waals surface area contributed by atoms with Gasteiger partial charge in [-0.05, 0) is 130 Å². The molecule has 7 aromatic heterocycles. The second-order valence-corrected chi connectivity index (χ2v) is 27.4. The summed E-state index contributed by atoms with van der Waals surface area (Å²) in [5.41, 5.74) is 4.08. The van der Waals surface area contributed by atoms with Gasteiger partial charge in [0.05, 0.1) is 55.5 Å². The van der Waals surface area contributed by atoms with E-state index in [9.17, 15) is 43.2 Å². The SMILES string of the molecule is CC1(C)OCCC12NC(=O)c1c(Cl)cc(Br)c(=O)n12.CC1(C)OCCC12NC(=O)c1c(Cl)cc(Nc3ccncn3)c(=O)n12.CC1(C)OCCC12NC(=O)c1c(Cl)cc(Nc3ccncn3)c(=O)n12.CC1(C)OCCC1=O.NC(=O)c1[nH]c(=O)c(Br)cc1Cl.Nc1ccncn1. The molecule has 96 heavy (non-hydrogen) atoms. The van der Waals surface area contributed by atoms with Crippen LogP contribution in [-0.4, -0.2) is 127 Å². The van der Waals surface area contributed by atoms with Gasteiger partial charge in [-0.3, -0.25) is 56.9 Å². The minimum absolute atomic E-state index is 0.0788. The predicted octanol–water partition coefficient (Wildman–Crippen LogP) is 6.82. The van der Waals surface area contributed by atoms with Crippen molar-refractivity contribution in [1.29, 1.82) is 0 Å². The largest absolute Gasteiger partial charge is 0.384 e. The molecular weight excluding hydrogens is 1470 g/mol. The molecule has 14 rings (SSSR count). The van der Waals surface area contributed by atoms with Crippen LogP contribution in [0.5, 0.6) is 0 Å². The Hall–Kier alpha value is -8.05. The van der Waals surface area contributed by atoms with Crippen LogP contribution in [0, 0.1) is 0 Å². The number of rotatable bonds is 5. The normalized spacial score (nSPS) is 21.8. The molecule has 0 aliphatic carbocycles. The lowest BCUT2D eigenvalue weighted by Crippen LogP contribution is -2.58. The third-order valence-electron chi connectivity index (χ3n) is 16.9. The number of carbonyl (C=O) groups excluding carboxylic acids is 5. The van der Waals surface area contributed by atoms with E-state index in [4.69, 9.17) is 76.8 Å². The molecule has 3 spiro atoms. The number of nitrogen functional groups attached to an aromatic ring is 1. The van der Waals surface area contributed by atoms with Crippen LogP contribution in [0.15, 0.2) is 108 Å². The van der Waals surface area contributed by atoms with Crippen molar-refractivity contribution in [3.63, 3.8) is 0 Å². The Morgan fingerprint density at radius 1 is 0.531 bits per heavy atom. The topological polar surface area (TPSA) is 411 Å². The fourth-order valence-electron chi connectivity index (χ4n) is 11.7. The average molecular weight is 1530 g/mol. The number of fused-ring (bicyclic) bond motifs is 6. The second-order valence-electron chi connectivity index (χ2n) is 24.0. The van der Waals surface area contributed by atoms with Gasteiger partial charge in [-0.25, -0.2) is 29.9 Å². The molecule has 36 heteroatoms. The van der Waals surface area contributed by atoms with Gasteiger partial charge in [0.25, 0.3) is 45.9 Å². The summed E-state index contributed by atoms with van der Waals surface area (Å²) in [6.07, 6.45) is 10.9. The number of carbonyl (C=O) groups is 5. The summed E-state index contributed by atoms with van der Waals surface area (Å²) in [7, 11) is 0. The van der Waals surface area contributed by atoms with Crippen LogP contribution in [0.4, 0.5) is 28.8 Å². The Kier molecular flexibility index (Phi) is 20.9. The van der Waals surface area contributed by atoms with Gasteiger partial charge in [0, 0.05) is 44.3 Å². The van der Waals surface area contributed by atoms with Crippen molar-refractivity contribution in [1.82, 2.24) is 64.5 Å². The second kappa shape index (κ2) is 27.8. The number of ketones is 1. The number of anilines is 5. The molecule has 30 nitrogen and oxygen atoms in total. The molecule has 0 radical (unpaired) electrons. The van der Waals surface area contributed by atoms with E-state index in [1.54, 1.807) is 36.8 Å². The summed E-state index contributed by atoms with van der Waals surface area (Å²) in [5.74, 6) is -0.220. The predicted molar refractivity (Wildman–Crippen MR) is 360 cm³/mol. The highest BCUT2D eigenvalue weighted by atomic mass is 79.9. The van der Waals surface area contributed by atoms with Crippen molar-refractivity contribution in [3.05, 3.63) is 173 Å². The average Bonchev–Trinajstić information content (AvgIpc) is 1.56. The lowest BCUT2D eigenvalue weighted by atomic mass is 9.91. The number of primary amides is 1. The van der Waals surface area contributed by atoms with E-state index in [0.717, 1.165) is 0 Å². The molecule has 10 N–H and O–H groups in total. The van der Waals surface area contributed by atoms with Gasteiger partial charge in [0.15, 0.2) is 22.8 Å². The molecule has 7 aliphatic rings. The standard InChI is InChI=1S/2C16H16ClN5O3.C12H12BrClN2O3.C6H4BrClN2O2.C6H10O2.C4H5N3/c2*1-15(2)16(4-6-25-15)21-13(23)12-9(17)7-10(14(24)22(12)16)20-11-3-5-18-8-19-11;1-11(2)12(3-4-19-11)15-9(17)8-7(14)5-6(13)10(18)16(8)12;7-2-1-3(8)4(5(9)11)10-6(2)12;1-6(2)5(7)3-4-8-6;5-4-1-2-6-3-7-4/h2*3,5,7-8H,4,6H2,1-2H3,(H,21,23)(H,18,19,20);5H,3-4H2,1-2H3,(H,15,17);1H,(H2,9,11)(H,10,12);3-4H2,1-2H3;1-3H,(H2,5,6,7). The minimum Gasteiger partial charge on any atom is -0.384 e.